The Morgan fingerprint density at radius 3 is 2.67 bits per heavy atom. The van der Waals surface area contributed by atoms with Crippen molar-refractivity contribution in [2.24, 2.45) is 7.05 Å². The van der Waals surface area contributed by atoms with Crippen LogP contribution in [0.3, 0.4) is 0 Å². The summed E-state index contributed by atoms with van der Waals surface area (Å²) in [5.74, 6) is -0.205. The first-order valence-electron chi connectivity index (χ1n) is 2.99. The van der Waals surface area contributed by atoms with Crippen LogP contribution in [-0.2, 0) is 21.9 Å². The molecule has 0 aliphatic carbocycles. The molecule has 0 radical (unpaired) electrons. The van der Waals surface area contributed by atoms with Gasteiger partial charge in [0.2, 0.25) is 9.05 Å². The fraction of sp³-hybridized carbons (Fsp3) is 0.400. The summed E-state index contributed by atoms with van der Waals surface area (Å²) in [6.45, 7) is 0. The highest BCUT2D eigenvalue weighted by Gasteiger charge is 2.12. The lowest BCUT2D eigenvalue weighted by atomic mass is 10.4. The standard InChI is InChI=1S/C5H6BrClN2O2S/c1-9-5(6)4(2-8-9)3-12(7,10)11/h2H,3H2,1H3. The van der Waals surface area contributed by atoms with Gasteiger partial charge in [-0.1, -0.05) is 0 Å². The molecular weight excluding hydrogens is 267 g/mol. The number of nitrogens with zero attached hydrogens (tertiary/aromatic N) is 2. The zero-order chi connectivity index (χ0) is 9.35. The molecule has 1 aromatic rings. The topological polar surface area (TPSA) is 52.0 Å². The van der Waals surface area contributed by atoms with Crippen molar-refractivity contribution in [2.75, 3.05) is 0 Å². The van der Waals surface area contributed by atoms with Crippen molar-refractivity contribution in [1.82, 2.24) is 9.78 Å². The average molecular weight is 274 g/mol. The molecule has 0 saturated heterocycles. The lowest BCUT2D eigenvalue weighted by Crippen LogP contribution is -1.95. The quantitative estimate of drug-likeness (QED) is 0.762. The third-order valence-corrected chi connectivity index (χ3v) is 3.27. The summed E-state index contributed by atoms with van der Waals surface area (Å²) < 4.78 is 23.5. The van der Waals surface area contributed by atoms with E-state index in [1.54, 1.807) is 7.05 Å². The fourth-order valence-electron chi connectivity index (χ4n) is 0.751. The van der Waals surface area contributed by atoms with Crippen LogP contribution in [0.5, 0.6) is 0 Å². The second-order valence-electron chi connectivity index (χ2n) is 2.27. The zero-order valence-electron chi connectivity index (χ0n) is 6.16. The second kappa shape index (κ2) is 3.35. The highest BCUT2D eigenvalue weighted by atomic mass is 79.9. The van der Waals surface area contributed by atoms with Gasteiger partial charge in [0.1, 0.15) is 4.60 Å². The molecule has 0 saturated carbocycles. The van der Waals surface area contributed by atoms with Gasteiger partial charge in [0.25, 0.3) is 0 Å². The molecular formula is C5H6BrClN2O2S. The number of halogens is 2. The molecule has 0 atom stereocenters. The SMILES string of the molecule is Cn1ncc(CS(=O)(=O)Cl)c1Br. The Morgan fingerprint density at radius 2 is 2.33 bits per heavy atom. The molecule has 12 heavy (non-hydrogen) atoms. The number of hydrogen-bond donors (Lipinski definition) is 0. The lowest BCUT2D eigenvalue weighted by molar-refractivity contribution is 0.608. The minimum Gasteiger partial charge on any atom is -0.261 e. The van der Waals surface area contributed by atoms with Crippen molar-refractivity contribution in [3.63, 3.8) is 0 Å². The van der Waals surface area contributed by atoms with Gasteiger partial charge >= 0.3 is 0 Å². The Hall–Kier alpha value is -0.0700. The Morgan fingerprint density at radius 1 is 1.75 bits per heavy atom. The fourth-order valence-corrected chi connectivity index (χ4v) is 2.21. The van der Waals surface area contributed by atoms with Crippen LogP contribution in [0.4, 0.5) is 0 Å². The van der Waals surface area contributed by atoms with Gasteiger partial charge in [-0.05, 0) is 15.9 Å². The summed E-state index contributed by atoms with van der Waals surface area (Å²) in [7, 11) is 3.27. The molecule has 7 heteroatoms. The molecule has 1 rings (SSSR count). The highest BCUT2D eigenvalue weighted by molar-refractivity contribution is 9.10. The maximum Gasteiger partial charge on any atom is 0.236 e. The van der Waals surface area contributed by atoms with Crippen molar-refractivity contribution in [3.8, 4) is 0 Å². The van der Waals surface area contributed by atoms with Crippen LogP contribution in [0.2, 0.25) is 0 Å². The van der Waals surface area contributed by atoms with E-state index >= 15 is 0 Å². The van der Waals surface area contributed by atoms with Crippen molar-refractivity contribution < 1.29 is 8.42 Å². The summed E-state index contributed by atoms with van der Waals surface area (Å²) in [4.78, 5) is 0. The van der Waals surface area contributed by atoms with E-state index in [0.29, 0.717) is 10.2 Å². The van der Waals surface area contributed by atoms with E-state index in [1.165, 1.54) is 10.9 Å². The third-order valence-electron chi connectivity index (χ3n) is 1.26. The molecule has 1 heterocycles. The second-order valence-corrected chi connectivity index (χ2v) is 5.80. The molecule has 0 aromatic carbocycles. The van der Waals surface area contributed by atoms with Crippen LogP contribution < -0.4 is 0 Å². The van der Waals surface area contributed by atoms with E-state index < -0.39 is 9.05 Å². The molecule has 4 nitrogen and oxygen atoms in total. The zero-order valence-corrected chi connectivity index (χ0v) is 9.32. The van der Waals surface area contributed by atoms with Gasteiger partial charge in [-0.3, -0.25) is 4.68 Å². The Bertz CT molecular complexity index is 386. The normalized spacial score (nSPS) is 11.9. The maximum atomic E-state index is 10.7. The average Bonchev–Trinajstić information content (AvgIpc) is 2.16. The van der Waals surface area contributed by atoms with Gasteiger partial charge in [-0.15, -0.1) is 0 Å². The minimum absolute atomic E-state index is 0.205. The third kappa shape index (κ3) is 2.46. The van der Waals surface area contributed by atoms with Crippen LogP contribution in [0.15, 0.2) is 10.8 Å². The van der Waals surface area contributed by atoms with Crippen LogP contribution in [0.1, 0.15) is 5.56 Å². The van der Waals surface area contributed by atoms with Gasteiger partial charge in [-0.25, -0.2) is 8.42 Å². The summed E-state index contributed by atoms with van der Waals surface area (Å²) in [6.07, 6.45) is 1.46. The predicted octanol–water partition coefficient (Wildman–Crippen LogP) is 1.25. The van der Waals surface area contributed by atoms with Crippen molar-refractivity contribution in [1.29, 1.82) is 0 Å². The van der Waals surface area contributed by atoms with Gasteiger partial charge in [0.15, 0.2) is 0 Å². The highest BCUT2D eigenvalue weighted by Crippen LogP contribution is 2.18. The lowest BCUT2D eigenvalue weighted by Gasteiger charge is -1.94. The molecule has 0 unspecified atom stereocenters. The Balaban J connectivity index is 2.99. The molecule has 0 amide bonds. The van der Waals surface area contributed by atoms with E-state index in [1.807, 2.05) is 0 Å². The van der Waals surface area contributed by atoms with Crippen molar-refractivity contribution >= 4 is 35.7 Å². The van der Waals surface area contributed by atoms with E-state index in [4.69, 9.17) is 10.7 Å². The smallest absolute Gasteiger partial charge is 0.236 e. The summed E-state index contributed by atoms with van der Waals surface area (Å²) in [6, 6.07) is 0. The molecule has 0 aliphatic rings. The molecule has 68 valence electrons. The first-order chi connectivity index (χ1) is 5.40. The van der Waals surface area contributed by atoms with Crippen LogP contribution in [0.25, 0.3) is 0 Å². The molecule has 0 aliphatic heterocycles. The summed E-state index contributed by atoms with van der Waals surface area (Å²) in [5.41, 5.74) is 0.563. The number of rotatable bonds is 2. The van der Waals surface area contributed by atoms with Gasteiger partial charge in [-0.2, -0.15) is 5.10 Å². The van der Waals surface area contributed by atoms with E-state index in [-0.39, 0.29) is 5.75 Å². The molecule has 0 spiro atoms. The first kappa shape index (κ1) is 10.0. The van der Waals surface area contributed by atoms with Crippen molar-refractivity contribution in [2.45, 2.75) is 5.75 Å². The van der Waals surface area contributed by atoms with Crippen LogP contribution in [0, 0.1) is 0 Å². The maximum absolute atomic E-state index is 10.7. The Kier molecular flexibility index (Phi) is 2.80. The summed E-state index contributed by atoms with van der Waals surface area (Å²) in [5, 5.41) is 3.85. The predicted molar refractivity (Wildman–Crippen MR) is 49.4 cm³/mol. The van der Waals surface area contributed by atoms with Crippen LogP contribution in [-0.4, -0.2) is 18.2 Å². The first-order valence-corrected chi connectivity index (χ1v) is 6.26. The van der Waals surface area contributed by atoms with Crippen LogP contribution >= 0.6 is 26.6 Å². The molecule has 0 fully saturated rings. The Labute approximate surface area is 83.1 Å². The van der Waals surface area contributed by atoms with Gasteiger partial charge in [0, 0.05) is 23.3 Å². The number of hydrogen-bond acceptors (Lipinski definition) is 3. The largest absolute Gasteiger partial charge is 0.261 e. The van der Waals surface area contributed by atoms with E-state index in [0.717, 1.165) is 0 Å². The summed E-state index contributed by atoms with van der Waals surface area (Å²) >= 11 is 3.18. The molecule has 0 N–H and O–H groups in total. The van der Waals surface area contributed by atoms with Gasteiger partial charge in [0.05, 0.1) is 11.9 Å². The van der Waals surface area contributed by atoms with Crippen molar-refractivity contribution in [3.05, 3.63) is 16.4 Å². The van der Waals surface area contributed by atoms with E-state index in [9.17, 15) is 8.42 Å². The minimum atomic E-state index is -3.50. The van der Waals surface area contributed by atoms with Gasteiger partial charge < -0.3 is 0 Å². The number of aryl methyl sites for hydroxylation is 1. The molecule has 0 bridgehead atoms. The molecule has 1 aromatic heterocycles. The number of aromatic nitrogens is 2. The monoisotopic (exact) mass is 272 g/mol. The van der Waals surface area contributed by atoms with E-state index in [2.05, 4.69) is 21.0 Å².